The van der Waals surface area contributed by atoms with E-state index in [9.17, 15) is 4.79 Å². The van der Waals surface area contributed by atoms with Gasteiger partial charge < -0.3 is 5.32 Å². The molecule has 0 fully saturated rings. The normalized spacial score (nSPS) is 10.8. The van der Waals surface area contributed by atoms with Gasteiger partial charge in [-0.1, -0.05) is 48.0 Å². The highest BCUT2D eigenvalue weighted by Gasteiger charge is 2.13. The van der Waals surface area contributed by atoms with E-state index in [2.05, 4.69) is 15.5 Å². The molecule has 122 valence electrons. The van der Waals surface area contributed by atoms with Crippen molar-refractivity contribution in [3.8, 4) is 5.69 Å². The SMILES string of the molecule is O=C(Nc1cccc2ccccc12)c1ccc(-n2cnnc2)cc1Cl. The quantitative estimate of drug-likeness (QED) is 0.599. The van der Waals surface area contributed by atoms with E-state index in [1.54, 1.807) is 35.4 Å². The van der Waals surface area contributed by atoms with Gasteiger partial charge in [0.1, 0.15) is 12.7 Å². The lowest BCUT2D eigenvalue weighted by molar-refractivity contribution is 0.102. The van der Waals surface area contributed by atoms with Gasteiger partial charge in [-0.05, 0) is 29.7 Å². The molecule has 0 unspecified atom stereocenters. The van der Waals surface area contributed by atoms with E-state index in [-0.39, 0.29) is 5.91 Å². The number of nitrogens with zero attached hydrogens (tertiary/aromatic N) is 3. The molecule has 0 aliphatic rings. The average Bonchev–Trinajstić information content (AvgIpc) is 3.16. The molecule has 1 aromatic heterocycles. The van der Waals surface area contributed by atoms with Crippen molar-refractivity contribution in [2.75, 3.05) is 5.32 Å². The molecule has 5 nitrogen and oxygen atoms in total. The number of carbonyl (C=O) groups excluding carboxylic acids is 1. The van der Waals surface area contributed by atoms with Crippen molar-refractivity contribution in [1.82, 2.24) is 14.8 Å². The topological polar surface area (TPSA) is 59.8 Å². The maximum absolute atomic E-state index is 12.6. The van der Waals surface area contributed by atoms with Crippen molar-refractivity contribution < 1.29 is 4.79 Å². The van der Waals surface area contributed by atoms with Crippen LogP contribution in [-0.2, 0) is 0 Å². The van der Waals surface area contributed by atoms with E-state index in [1.807, 2.05) is 42.5 Å². The highest BCUT2D eigenvalue weighted by atomic mass is 35.5. The second-order valence-corrected chi connectivity index (χ2v) is 5.92. The Kier molecular flexibility index (Phi) is 3.91. The lowest BCUT2D eigenvalue weighted by atomic mass is 10.1. The van der Waals surface area contributed by atoms with E-state index in [4.69, 9.17) is 11.6 Å². The van der Waals surface area contributed by atoms with Crippen molar-refractivity contribution in [3.05, 3.63) is 83.9 Å². The maximum atomic E-state index is 12.6. The summed E-state index contributed by atoms with van der Waals surface area (Å²) in [6.07, 6.45) is 3.14. The van der Waals surface area contributed by atoms with Crippen molar-refractivity contribution in [1.29, 1.82) is 0 Å². The third kappa shape index (κ3) is 2.97. The number of carbonyl (C=O) groups is 1. The Morgan fingerprint density at radius 2 is 1.72 bits per heavy atom. The number of halogens is 1. The van der Waals surface area contributed by atoms with E-state index in [0.717, 1.165) is 22.1 Å². The molecule has 1 N–H and O–H groups in total. The van der Waals surface area contributed by atoms with Crippen molar-refractivity contribution >= 4 is 34.0 Å². The highest BCUT2D eigenvalue weighted by molar-refractivity contribution is 6.34. The van der Waals surface area contributed by atoms with Crippen LogP contribution < -0.4 is 5.32 Å². The van der Waals surface area contributed by atoms with Crippen LogP contribution in [0.3, 0.4) is 0 Å². The number of amides is 1. The predicted molar refractivity (Wildman–Crippen MR) is 98.3 cm³/mol. The summed E-state index contributed by atoms with van der Waals surface area (Å²) in [5, 5.41) is 12.9. The Bertz CT molecular complexity index is 1050. The standard InChI is InChI=1S/C19H13ClN4O/c20-17-10-14(24-11-21-22-12-24)8-9-16(17)19(25)23-18-7-3-5-13-4-1-2-6-15(13)18/h1-12H,(H,23,25). The van der Waals surface area contributed by atoms with Gasteiger partial charge in [0.2, 0.25) is 0 Å². The molecule has 4 rings (SSSR count). The number of anilines is 1. The van der Waals surface area contributed by atoms with Gasteiger partial charge in [0.25, 0.3) is 5.91 Å². The fraction of sp³-hybridized carbons (Fsp3) is 0. The highest BCUT2D eigenvalue weighted by Crippen LogP contribution is 2.25. The second-order valence-electron chi connectivity index (χ2n) is 5.51. The molecule has 3 aromatic carbocycles. The molecule has 0 aliphatic carbocycles. The number of rotatable bonds is 3. The van der Waals surface area contributed by atoms with Gasteiger partial charge in [0, 0.05) is 16.8 Å². The van der Waals surface area contributed by atoms with Crippen molar-refractivity contribution in [2.45, 2.75) is 0 Å². The number of benzene rings is 3. The van der Waals surface area contributed by atoms with Crippen LogP contribution in [-0.4, -0.2) is 20.7 Å². The van der Waals surface area contributed by atoms with Gasteiger partial charge in [-0.25, -0.2) is 0 Å². The number of nitrogens with one attached hydrogen (secondary N) is 1. The Labute approximate surface area is 148 Å². The molecule has 0 saturated carbocycles. The Morgan fingerprint density at radius 3 is 2.52 bits per heavy atom. The Balaban J connectivity index is 1.65. The van der Waals surface area contributed by atoms with Crippen LogP contribution in [0.1, 0.15) is 10.4 Å². The monoisotopic (exact) mass is 348 g/mol. The predicted octanol–water partition coefficient (Wildman–Crippen LogP) is 4.33. The number of hydrogen-bond donors (Lipinski definition) is 1. The molecule has 4 aromatic rings. The summed E-state index contributed by atoms with van der Waals surface area (Å²) < 4.78 is 1.72. The van der Waals surface area contributed by atoms with Gasteiger partial charge in [-0.2, -0.15) is 0 Å². The smallest absolute Gasteiger partial charge is 0.257 e. The number of hydrogen-bond acceptors (Lipinski definition) is 3. The molecule has 0 aliphatic heterocycles. The van der Waals surface area contributed by atoms with Gasteiger partial charge >= 0.3 is 0 Å². The first-order chi connectivity index (χ1) is 12.2. The summed E-state index contributed by atoms with van der Waals surface area (Å²) in [6.45, 7) is 0. The first-order valence-corrected chi connectivity index (χ1v) is 8.04. The Morgan fingerprint density at radius 1 is 0.960 bits per heavy atom. The summed E-state index contributed by atoms with van der Waals surface area (Å²) in [4.78, 5) is 12.6. The van der Waals surface area contributed by atoms with Crippen LogP contribution in [0.4, 0.5) is 5.69 Å². The summed E-state index contributed by atoms with van der Waals surface area (Å²) in [5.74, 6) is -0.253. The zero-order valence-electron chi connectivity index (χ0n) is 13.1. The third-order valence-electron chi connectivity index (χ3n) is 3.95. The molecule has 0 spiro atoms. The van der Waals surface area contributed by atoms with Gasteiger partial charge in [-0.15, -0.1) is 10.2 Å². The fourth-order valence-corrected chi connectivity index (χ4v) is 2.97. The second kappa shape index (κ2) is 6.37. The molecule has 0 atom stereocenters. The van der Waals surface area contributed by atoms with Gasteiger partial charge in [-0.3, -0.25) is 9.36 Å². The summed E-state index contributed by atoms with van der Waals surface area (Å²) in [6, 6.07) is 18.9. The first-order valence-electron chi connectivity index (χ1n) is 7.66. The molecule has 1 heterocycles. The van der Waals surface area contributed by atoms with E-state index < -0.39 is 0 Å². The molecular weight excluding hydrogens is 336 g/mol. The van der Waals surface area contributed by atoms with Gasteiger partial charge in [0.15, 0.2) is 0 Å². The van der Waals surface area contributed by atoms with Crippen molar-refractivity contribution in [2.24, 2.45) is 0 Å². The molecule has 6 heteroatoms. The van der Waals surface area contributed by atoms with E-state index >= 15 is 0 Å². The average molecular weight is 349 g/mol. The van der Waals surface area contributed by atoms with Crippen LogP contribution >= 0.6 is 11.6 Å². The number of fused-ring (bicyclic) bond motifs is 1. The minimum atomic E-state index is -0.253. The molecule has 25 heavy (non-hydrogen) atoms. The minimum absolute atomic E-state index is 0.253. The summed E-state index contributed by atoms with van der Waals surface area (Å²) in [5.41, 5.74) is 1.95. The fourth-order valence-electron chi connectivity index (χ4n) is 2.71. The minimum Gasteiger partial charge on any atom is -0.321 e. The van der Waals surface area contributed by atoms with Crippen LogP contribution in [0.2, 0.25) is 5.02 Å². The van der Waals surface area contributed by atoms with Gasteiger partial charge in [0.05, 0.1) is 10.6 Å². The summed E-state index contributed by atoms with van der Waals surface area (Å²) >= 11 is 6.31. The number of aromatic nitrogens is 3. The van der Waals surface area contributed by atoms with E-state index in [0.29, 0.717) is 10.6 Å². The molecular formula is C19H13ClN4O. The van der Waals surface area contributed by atoms with Crippen LogP contribution in [0, 0.1) is 0 Å². The third-order valence-corrected chi connectivity index (χ3v) is 4.26. The zero-order valence-corrected chi connectivity index (χ0v) is 13.8. The zero-order chi connectivity index (χ0) is 17.2. The van der Waals surface area contributed by atoms with Crippen LogP contribution in [0.25, 0.3) is 16.5 Å². The summed E-state index contributed by atoms with van der Waals surface area (Å²) in [7, 11) is 0. The van der Waals surface area contributed by atoms with Crippen molar-refractivity contribution in [3.63, 3.8) is 0 Å². The first kappa shape index (κ1) is 15.4. The van der Waals surface area contributed by atoms with Crippen LogP contribution in [0.15, 0.2) is 73.3 Å². The molecule has 1 amide bonds. The molecule has 0 bridgehead atoms. The van der Waals surface area contributed by atoms with Crippen LogP contribution in [0.5, 0.6) is 0 Å². The lowest BCUT2D eigenvalue weighted by Crippen LogP contribution is -2.13. The lowest BCUT2D eigenvalue weighted by Gasteiger charge is -2.11. The Hall–Kier alpha value is -3.18. The van der Waals surface area contributed by atoms with E-state index in [1.165, 1.54) is 0 Å². The maximum Gasteiger partial charge on any atom is 0.257 e. The molecule has 0 radical (unpaired) electrons. The largest absolute Gasteiger partial charge is 0.321 e. The molecule has 0 saturated heterocycles.